The van der Waals surface area contributed by atoms with Gasteiger partial charge in [-0.15, -0.1) is 0 Å². The largest absolute Gasteiger partial charge is 0.389 e. The fourth-order valence-corrected chi connectivity index (χ4v) is 14.9. The topological polar surface area (TPSA) is 23.5 Å². The fourth-order valence-electron chi connectivity index (χ4n) is 13.9. The lowest BCUT2D eigenvalue weighted by Gasteiger charge is -2.50. The van der Waals surface area contributed by atoms with Crippen LogP contribution < -0.4 is 0 Å². The third kappa shape index (κ3) is 5.99. The van der Waals surface area contributed by atoms with E-state index in [1.165, 1.54) is 161 Å². The van der Waals surface area contributed by atoms with Gasteiger partial charge in [0.2, 0.25) is 0 Å². The fraction of sp³-hybridized carbons (Fsp3) is 0.905. The number of aliphatic hydroxyl groups is 1. The number of hydrogen-bond acceptors (Lipinski definition) is 2. The van der Waals surface area contributed by atoms with Crippen LogP contribution >= 0.6 is 15.9 Å². The van der Waals surface area contributed by atoms with Crippen LogP contribution in [0, 0.1) is 53.3 Å². The van der Waals surface area contributed by atoms with Crippen LogP contribution in [0.5, 0.6) is 0 Å². The molecule has 8 aliphatic rings. The zero-order chi connectivity index (χ0) is 30.4. The molecule has 0 spiro atoms. The Bertz CT molecular complexity index is 1050. The summed E-state index contributed by atoms with van der Waals surface area (Å²) >= 11 is 4.19. The molecule has 1 N–H and O–H groups in total. The summed E-state index contributed by atoms with van der Waals surface area (Å²) in [4.78, 5) is 3.70. The van der Waals surface area contributed by atoms with Crippen molar-refractivity contribution >= 4 is 15.9 Å². The first kappa shape index (κ1) is 32.0. The average molecular weight is 681 g/mol. The van der Waals surface area contributed by atoms with Crippen LogP contribution in [-0.2, 0) is 0 Å². The Morgan fingerprint density at radius 2 is 1.27 bits per heavy atom. The van der Waals surface area contributed by atoms with Crippen molar-refractivity contribution in [2.75, 3.05) is 0 Å². The number of fused-ring (bicyclic) bond motifs is 3. The van der Waals surface area contributed by atoms with Crippen molar-refractivity contribution in [1.29, 1.82) is 0 Å². The maximum absolute atomic E-state index is 13.3. The quantitative estimate of drug-likeness (QED) is 0.223. The molecule has 0 aromatic rings. The molecular weight excluding hydrogens is 614 g/mol. The predicted molar refractivity (Wildman–Crippen MR) is 191 cm³/mol. The molecule has 8 aliphatic carbocycles. The minimum atomic E-state index is -0.458. The van der Waals surface area contributed by atoms with Crippen molar-refractivity contribution < 1.29 is 5.11 Å². The molecule has 0 bridgehead atoms. The molecule has 0 amide bonds. The van der Waals surface area contributed by atoms with E-state index in [0.29, 0.717) is 34.4 Å². The van der Waals surface area contributed by atoms with Gasteiger partial charge in [-0.2, -0.15) is 0 Å². The Morgan fingerprint density at radius 3 is 2.04 bits per heavy atom. The predicted octanol–water partition coefficient (Wildman–Crippen LogP) is 11.4. The number of alkyl halides is 1. The van der Waals surface area contributed by atoms with Crippen molar-refractivity contribution in [2.24, 2.45) is 53.3 Å². The molecule has 0 heterocycles. The van der Waals surface area contributed by atoms with Crippen LogP contribution in [0.3, 0.4) is 0 Å². The van der Waals surface area contributed by atoms with Crippen molar-refractivity contribution in [2.45, 2.75) is 183 Å². The maximum atomic E-state index is 13.3. The zero-order valence-electron chi connectivity index (χ0n) is 28.6. The molecule has 2 nitrogen and oxygen atoms in total. The summed E-state index contributed by atoms with van der Waals surface area (Å²) in [5, 5.41) is 13.3. The summed E-state index contributed by atoms with van der Waals surface area (Å²) < 4.78 is 0. The summed E-state index contributed by atoms with van der Waals surface area (Å²) in [7, 11) is 0. The van der Waals surface area contributed by atoms with Gasteiger partial charge in [-0.05, 0) is 144 Å². The van der Waals surface area contributed by atoms with Crippen molar-refractivity contribution in [1.82, 2.24) is 4.90 Å². The van der Waals surface area contributed by atoms with E-state index >= 15 is 0 Å². The highest BCUT2D eigenvalue weighted by Crippen LogP contribution is 2.65. The van der Waals surface area contributed by atoms with Gasteiger partial charge in [0, 0.05) is 34.4 Å². The van der Waals surface area contributed by atoms with Gasteiger partial charge in [0.1, 0.15) is 0 Å². The summed E-state index contributed by atoms with van der Waals surface area (Å²) in [6.45, 7) is 0. The molecule has 0 radical (unpaired) electrons. The van der Waals surface area contributed by atoms with Crippen molar-refractivity contribution in [3.63, 3.8) is 0 Å². The van der Waals surface area contributed by atoms with Crippen LogP contribution in [0.15, 0.2) is 23.9 Å². The van der Waals surface area contributed by atoms with Crippen LogP contribution in [0.4, 0.5) is 0 Å². The van der Waals surface area contributed by atoms with Gasteiger partial charge in [-0.25, -0.2) is 0 Å². The second-order valence-corrected chi connectivity index (χ2v) is 19.0. The molecule has 0 aromatic heterocycles. The Kier molecular flexibility index (Phi) is 9.88. The summed E-state index contributed by atoms with van der Waals surface area (Å²) in [6.07, 6.45) is 42.5. The van der Waals surface area contributed by atoms with Gasteiger partial charge in [0.15, 0.2) is 0 Å². The first-order chi connectivity index (χ1) is 22.1. The van der Waals surface area contributed by atoms with Crippen LogP contribution in [0.1, 0.15) is 161 Å². The van der Waals surface area contributed by atoms with E-state index in [4.69, 9.17) is 0 Å². The average Bonchev–Trinajstić information content (AvgIpc) is 3.69. The molecule has 10 atom stereocenters. The Morgan fingerprint density at radius 1 is 0.578 bits per heavy atom. The van der Waals surface area contributed by atoms with Gasteiger partial charge in [-0.1, -0.05) is 91.9 Å². The van der Waals surface area contributed by atoms with Gasteiger partial charge in [0.05, 0.1) is 5.60 Å². The summed E-state index contributed by atoms with van der Waals surface area (Å²) in [5.74, 6) is 6.69. The summed E-state index contributed by atoms with van der Waals surface area (Å²) in [6, 6.07) is 1.50. The molecule has 0 aromatic carbocycles. The lowest BCUT2D eigenvalue weighted by atomic mass is 9.64. The maximum Gasteiger partial charge on any atom is 0.0751 e. The van der Waals surface area contributed by atoms with Crippen LogP contribution in [-0.4, -0.2) is 32.5 Å². The molecule has 3 heteroatoms. The van der Waals surface area contributed by atoms with Gasteiger partial charge >= 0.3 is 0 Å². The molecule has 0 saturated heterocycles. The van der Waals surface area contributed by atoms with E-state index in [1.807, 2.05) is 0 Å². The Labute approximate surface area is 285 Å². The molecule has 0 aliphatic heterocycles. The monoisotopic (exact) mass is 679 g/mol. The molecular formula is C42H66BrNO. The smallest absolute Gasteiger partial charge is 0.0751 e. The number of nitrogens with zero attached hydrogens (tertiary/aromatic N) is 1. The van der Waals surface area contributed by atoms with E-state index in [0.717, 1.165) is 35.8 Å². The SMILES string of the molecule is OC1(C2CCCCC2Br)C2CCCCC2C2C(N(C3CCC(C4CCCCC4)CC3)C3CCC(C4CC=CCC4)C3)=CCCC21. The van der Waals surface area contributed by atoms with Crippen LogP contribution in [0.25, 0.3) is 0 Å². The van der Waals surface area contributed by atoms with E-state index in [1.54, 1.807) is 5.70 Å². The van der Waals surface area contributed by atoms with E-state index in [9.17, 15) is 5.11 Å². The highest BCUT2D eigenvalue weighted by molar-refractivity contribution is 9.09. The van der Waals surface area contributed by atoms with Crippen molar-refractivity contribution in [3.8, 4) is 0 Å². The molecule has 45 heavy (non-hydrogen) atoms. The normalized spacial score (nSPS) is 47.6. The molecule has 6 saturated carbocycles. The van der Waals surface area contributed by atoms with Gasteiger partial charge < -0.3 is 10.0 Å². The van der Waals surface area contributed by atoms with Gasteiger partial charge in [-0.3, -0.25) is 0 Å². The zero-order valence-corrected chi connectivity index (χ0v) is 30.2. The highest BCUT2D eigenvalue weighted by Gasteiger charge is 2.65. The number of rotatable bonds is 6. The Balaban J connectivity index is 1.09. The molecule has 8 rings (SSSR count). The lowest BCUT2D eigenvalue weighted by molar-refractivity contribution is -0.109. The molecule has 10 unspecified atom stereocenters. The molecule has 252 valence electrons. The minimum Gasteiger partial charge on any atom is -0.389 e. The van der Waals surface area contributed by atoms with Crippen LogP contribution in [0.2, 0.25) is 0 Å². The van der Waals surface area contributed by atoms with Gasteiger partial charge in [0.25, 0.3) is 0 Å². The number of halogens is 1. The van der Waals surface area contributed by atoms with E-state index < -0.39 is 5.60 Å². The first-order valence-electron chi connectivity index (χ1n) is 20.6. The van der Waals surface area contributed by atoms with E-state index in [-0.39, 0.29) is 0 Å². The minimum absolute atomic E-state index is 0.458. The lowest BCUT2D eigenvalue weighted by Crippen LogP contribution is -2.53. The van der Waals surface area contributed by atoms with Crippen molar-refractivity contribution in [3.05, 3.63) is 23.9 Å². The summed E-state index contributed by atoms with van der Waals surface area (Å²) in [5.41, 5.74) is 1.33. The van der Waals surface area contributed by atoms with E-state index in [2.05, 4.69) is 39.1 Å². The number of allylic oxidation sites excluding steroid dienone is 4. The molecule has 6 fully saturated rings. The third-order valence-electron chi connectivity index (χ3n) is 15.9. The standard InChI is InChI=1S/C42H66BrNO/c43-39-20-10-9-18-37(39)42(45)36-17-8-7-16-35(36)41-38(42)19-11-21-40(41)44(34-27-24-32(28-34)30-14-5-2-6-15-30)33-25-22-31(23-26-33)29-12-3-1-4-13-29/h2,5,21,29-39,41,45H,1,3-4,6-20,22-28H2. The highest BCUT2D eigenvalue weighted by atomic mass is 79.9. The Hall–Kier alpha value is -0.280. The second kappa shape index (κ2) is 13.9. The first-order valence-corrected chi connectivity index (χ1v) is 21.5. The third-order valence-corrected chi connectivity index (χ3v) is 17.0. The second-order valence-electron chi connectivity index (χ2n) is 17.8. The number of hydrogen-bond donors (Lipinski definition) is 1.